The van der Waals surface area contributed by atoms with Crippen LogP contribution in [-0.4, -0.2) is 28.8 Å². The van der Waals surface area contributed by atoms with Crippen molar-refractivity contribution >= 4 is 35.0 Å². The van der Waals surface area contributed by atoms with E-state index in [2.05, 4.69) is 5.32 Å². The minimum Gasteiger partial charge on any atom is -0.352 e. The molecule has 0 unspecified atom stereocenters. The van der Waals surface area contributed by atoms with E-state index in [4.69, 9.17) is 23.2 Å². The maximum Gasteiger partial charge on any atom is 0.243 e. The van der Waals surface area contributed by atoms with Gasteiger partial charge in [0.05, 0.1) is 16.5 Å². The number of benzene rings is 2. The summed E-state index contributed by atoms with van der Waals surface area (Å²) >= 11 is 12.2. The van der Waals surface area contributed by atoms with Crippen molar-refractivity contribution in [1.82, 2.24) is 10.2 Å². The Kier molecular flexibility index (Phi) is 9.01. The van der Waals surface area contributed by atoms with E-state index in [1.807, 2.05) is 38.1 Å². The van der Waals surface area contributed by atoms with E-state index >= 15 is 0 Å². The molecule has 3 rings (SSSR count). The molecule has 0 radical (unpaired) electrons. The molecule has 6 heteroatoms. The first-order valence-corrected chi connectivity index (χ1v) is 12.2. The number of hydrogen-bond donors (Lipinski definition) is 1. The van der Waals surface area contributed by atoms with Gasteiger partial charge in [0.1, 0.15) is 6.04 Å². The summed E-state index contributed by atoms with van der Waals surface area (Å²) in [6.07, 6.45) is 6.25. The fourth-order valence-electron chi connectivity index (χ4n) is 4.36. The van der Waals surface area contributed by atoms with Crippen LogP contribution in [0.2, 0.25) is 10.0 Å². The normalized spacial score (nSPS) is 15.2. The number of hydrogen-bond acceptors (Lipinski definition) is 2. The monoisotopic (exact) mass is 474 g/mol. The predicted octanol–water partition coefficient (Wildman–Crippen LogP) is 6.10. The Balaban J connectivity index is 1.83. The van der Waals surface area contributed by atoms with Crippen molar-refractivity contribution in [2.24, 2.45) is 0 Å². The summed E-state index contributed by atoms with van der Waals surface area (Å²) in [5.74, 6) is -0.159. The maximum atomic E-state index is 13.5. The van der Waals surface area contributed by atoms with Gasteiger partial charge >= 0.3 is 0 Å². The molecule has 1 aliphatic carbocycles. The van der Waals surface area contributed by atoms with Crippen LogP contribution in [0.15, 0.2) is 42.5 Å². The van der Waals surface area contributed by atoms with Gasteiger partial charge in [-0.15, -0.1) is 0 Å². The van der Waals surface area contributed by atoms with E-state index in [9.17, 15) is 9.59 Å². The summed E-state index contributed by atoms with van der Waals surface area (Å²) in [5, 5.41) is 4.09. The van der Waals surface area contributed by atoms with Gasteiger partial charge in [-0.2, -0.15) is 0 Å². The maximum absolute atomic E-state index is 13.5. The van der Waals surface area contributed by atoms with Crippen LogP contribution in [0.3, 0.4) is 0 Å². The molecule has 172 valence electrons. The molecule has 4 nitrogen and oxygen atoms in total. The van der Waals surface area contributed by atoms with Crippen molar-refractivity contribution < 1.29 is 9.59 Å². The lowest BCUT2D eigenvalue weighted by atomic mass is 9.95. The van der Waals surface area contributed by atoms with E-state index < -0.39 is 6.04 Å². The van der Waals surface area contributed by atoms with Crippen LogP contribution in [0.5, 0.6) is 0 Å². The molecule has 2 aromatic carbocycles. The van der Waals surface area contributed by atoms with Crippen molar-refractivity contribution in [3.8, 4) is 0 Å². The number of carbonyl (C=O) groups is 2. The highest BCUT2D eigenvalue weighted by atomic mass is 35.5. The second kappa shape index (κ2) is 11.7. The van der Waals surface area contributed by atoms with Crippen LogP contribution in [0.1, 0.15) is 62.1 Å². The summed E-state index contributed by atoms with van der Waals surface area (Å²) in [4.78, 5) is 28.5. The first-order chi connectivity index (χ1) is 15.4. The van der Waals surface area contributed by atoms with Crippen LogP contribution in [0, 0.1) is 6.92 Å². The van der Waals surface area contributed by atoms with Crippen molar-refractivity contribution in [2.75, 3.05) is 0 Å². The molecule has 0 saturated heterocycles. The van der Waals surface area contributed by atoms with Crippen molar-refractivity contribution in [2.45, 2.75) is 77.4 Å². The topological polar surface area (TPSA) is 49.4 Å². The SMILES string of the molecule is CC[C@H](C(=O)NC1CCCCC1)N(Cc1ccccc1C)C(=O)Cc1ccc(Cl)c(Cl)c1. The Morgan fingerprint density at radius 2 is 1.78 bits per heavy atom. The number of rotatable bonds is 8. The molecule has 2 amide bonds. The van der Waals surface area contributed by atoms with Crippen LogP contribution < -0.4 is 5.32 Å². The zero-order chi connectivity index (χ0) is 23.1. The molecular formula is C26H32Cl2N2O2. The quantitative estimate of drug-likeness (QED) is 0.502. The Hall–Kier alpha value is -2.04. The Morgan fingerprint density at radius 3 is 2.44 bits per heavy atom. The molecule has 32 heavy (non-hydrogen) atoms. The zero-order valence-corrected chi connectivity index (χ0v) is 20.4. The van der Waals surface area contributed by atoms with Gasteiger partial charge in [-0.3, -0.25) is 9.59 Å². The molecule has 2 aromatic rings. The molecular weight excluding hydrogens is 443 g/mol. The summed E-state index contributed by atoms with van der Waals surface area (Å²) < 4.78 is 0. The Labute approximate surface area is 201 Å². The van der Waals surface area contributed by atoms with Gasteiger partial charge in [0.2, 0.25) is 11.8 Å². The molecule has 1 N–H and O–H groups in total. The average Bonchev–Trinajstić information content (AvgIpc) is 2.78. The molecule has 1 saturated carbocycles. The predicted molar refractivity (Wildman–Crippen MR) is 131 cm³/mol. The van der Waals surface area contributed by atoms with Crippen molar-refractivity contribution in [1.29, 1.82) is 0 Å². The van der Waals surface area contributed by atoms with E-state index in [0.29, 0.717) is 23.0 Å². The fraction of sp³-hybridized carbons (Fsp3) is 0.462. The summed E-state index contributed by atoms with van der Waals surface area (Å²) in [7, 11) is 0. The first kappa shape index (κ1) is 24.6. The molecule has 1 aliphatic rings. The summed E-state index contributed by atoms with van der Waals surface area (Å²) in [6.45, 7) is 4.38. The molecule has 0 spiro atoms. The van der Waals surface area contributed by atoms with Gasteiger partial charge in [-0.25, -0.2) is 0 Å². The number of amides is 2. The van der Waals surface area contributed by atoms with Gasteiger partial charge in [0.15, 0.2) is 0 Å². The van der Waals surface area contributed by atoms with Crippen LogP contribution in [-0.2, 0) is 22.6 Å². The smallest absolute Gasteiger partial charge is 0.243 e. The fourth-order valence-corrected chi connectivity index (χ4v) is 4.68. The molecule has 0 aromatic heterocycles. The average molecular weight is 475 g/mol. The minimum absolute atomic E-state index is 0.0597. The first-order valence-electron chi connectivity index (χ1n) is 11.5. The lowest BCUT2D eigenvalue weighted by Crippen LogP contribution is -2.52. The lowest BCUT2D eigenvalue weighted by molar-refractivity contribution is -0.141. The zero-order valence-electron chi connectivity index (χ0n) is 18.9. The summed E-state index contributed by atoms with van der Waals surface area (Å²) in [6, 6.07) is 12.9. The number of nitrogens with one attached hydrogen (secondary N) is 1. The van der Waals surface area contributed by atoms with Gasteiger partial charge in [-0.1, -0.05) is 79.7 Å². The van der Waals surface area contributed by atoms with E-state index in [1.165, 1.54) is 6.42 Å². The highest BCUT2D eigenvalue weighted by Crippen LogP contribution is 2.24. The number of halogens is 2. The third-order valence-corrected chi connectivity index (χ3v) is 7.02. The molecule has 1 fully saturated rings. The third-order valence-electron chi connectivity index (χ3n) is 6.28. The van der Waals surface area contributed by atoms with E-state index in [-0.39, 0.29) is 24.3 Å². The summed E-state index contributed by atoms with van der Waals surface area (Å²) in [5.41, 5.74) is 2.92. The largest absolute Gasteiger partial charge is 0.352 e. The highest BCUT2D eigenvalue weighted by Gasteiger charge is 2.30. The van der Waals surface area contributed by atoms with Crippen LogP contribution in [0.4, 0.5) is 0 Å². The molecule has 0 bridgehead atoms. The van der Waals surface area contributed by atoms with Gasteiger partial charge in [-0.05, 0) is 55.0 Å². The third kappa shape index (κ3) is 6.49. The Bertz CT molecular complexity index is 941. The van der Waals surface area contributed by atoms with Crippen molar-refractivity contribution in [3.63, 3.8) is 0 Å². The van der Waals surface area contributed by atoms with Crippen LogP contribution >= 0.6 is 23.2 Å². The standard InChI is InChI=1S/C26H32Cl2N2O2/c1-3-24(26(32)29-21-11-5-4-6-12-21)30(17-20-10-8-7-9-18(20)2)25(31)16-19-13-14-22(27)23(28)15-19/h7-10,13-15,21,24H,3-6,11-12,16-17H2,1-2H3,(H,29,32)/t24-/m1/s1. The van der Waals surface area contributed by atoms with Gasteiger partial charge < -0.3 is 10.2 Å². The number of aryl methyl sites for hydroxylation is 1. The molecule has 0 aliphatic heterocycles. The van der Waals surface area contributed by atoms with E-state index in [1.54, 1.807) is 23.1 Å². The molecule has 0 heterocycles. The second-order valence-corrected chi connectivity index (χ2v) is 9.46. The minimum atomic E-state index is -0.521. The van der Waals surface area contributed by atoms with E-state index in [0.717, 1.165) is 42.4 Å². The van der Waals surface area contributed by atoms with Gasteiger partial charge in [0.25, 0.3) is 0 Å². The second-order valence-electron chi connectivity index (χ2n) is 8.64. The van der Waals surface area contributed by atoms with Crippen molar-refractivity contribution in [3.05, 3.63) is 69.2 Å². The van der Waals surface area contributed by atoms with Crippen LogP contribution in [0.25, 0.3) is 0 Å². The number of carbonyl (C=O) groups excluding carboxylic acids is 2. The molecule has 1 atom stereocenters. The lowest BCUT2D eigenvalue weighted by Gasteiger charge is -2.33. The highest BCUT2D eigenvalue weighted by molar-refractivity contribution is 6.42. The van der Waals surface area contributed by atoms with Gasteiger partial charge in [0, 0.05) is 12.6 Å². The Morgan fingerprint density at radius 1 is 1.06 bits per heavy atom. The number of nitrogens with zero attached hydrogens (tertiary/aromatic N) is 1.